The highest BCUT2D eigenvalue weighted by Gasteiger charge is 2.41. The molecule has 2 bridgehead atoms. The van der Waals surface area contributed by atoms with Crippen LogP contribution in [0, 0.1) is 5.92 Å². The Balaban J connectivity index is 2.36. The first-order chi connectivity index (χ1) is 13.0. The van der Waals surface area contributed by atoms with Crippen LogP contribution >= 0.6 is 0 Å². The average molecular weight is 401 g/mol. The lowest BCUT2D eigenvalue weighted by molar-refractivity contribution is 0.0796. The Morgan fingerprint density at radius 2 is 1.64 bits per heavy atom. The van der Waals surface area contributed by atoms with Gasteiger partial charge in [-0.15, -0.1) is 0 Å². The molecule has 1 aliphatic carbocycles. The van der Waals surface area contributed by atoms with E-state index in [1.165, 1.54) is 13.8 Å². The highest BCUT2D eigenvalue weighted by Crippen LogP contribution is 2.41. The minimum absolute atomic E-state index is 0.00619. The molecule has 0 aromatic heterocycles. The van der Waals surface area contributed by atoms with Gasteiger partial charge in [-0.25, -0.2) is 13.6 Å². The predicted molar refractivity (Wildman–Crippen MR) is 110 cm³/mol. The number of Topliss-reactive ketones (excluding diaryl/α,β-unsaturated/α-hetero) is 2. The van der Waals surface area contributed by atoms with Crippen LogP contribution in [-0.2, 0) is 16.4 Å². The molecule has 0 radical (unpaired) electrons. The molecule has 0 heterocycles. The first kappa shape index (κ1) is 20.2. The van der Waals surface area contributed by atoms with E-state index in [2.05, 4.69) is 0 Å². The van der Waals surface area contributed by atoms with Gasteiger partial charge in [0.2, 0.25) is 10.0 Å². The quantitative estimate of drug-likeness (QED) is 0.590. The van der Waals surface area contributed by atoms with Crippen LogP contribution < -0.4 is 10.9 Å². The number of fused-ring (bicyclic) bond motifs is 2. The molecule has 0 spiro atoms. The first-order valence-electron chi connectivity index (χ1n) is 9.11. The average Bonchev–Trinajstić information content (AvgIpc) is 2.61. The molecule has 0 fully saturated rings. The second kappa shape index (κ2) is 6.83. The third kappa shape index (κ3) is 3.14. The minimum Gasteiger partial charge on any atom is -0.398 e. The Morgan fingerprint density at radius 3 is 2.18 bits per heavy atom. The standard InChI is InChI=1S/C21H24N2O4S/c1-4-13-19(24)15-10-14(12-8-6-5-7-9-12)16(17(18(15)22)20(13)25)11-21(2,3)28(23,26)27/h5-10,13H,4,11,22H2,1-3H3,(H2,23,26,27). The second-order valence-corrected chi connectivity index (χ2v) is 9.97. The van der Waals surface area contributed by atoms with Crippen LogP contribution in [0.1, 0.15) is 53.5 Å². The molecule has 6 nitrogen and oxygen atoms in total. The largest absolute Gasteiger partial charge is 0.398 e. The summed E-state index contributed by atoms with van der Waals surface area (Å²) in [5.74, 6) is -1.43. The summed E-state index contributed by atoms with van der Waals surface area (Å²) in [6, 6.07) is 10.9. The van der Waals surface area contributed by atoms with E-state index in [9.17, 15) is 18.0 Å². The van der Waals surface area contributed by atoms with E-state index in [1.807, 2.05) is 30.3 Å². The van der Waals surface area contributed by atoms with E-state index in [0.717, 1.165) is 5.56 Å². The monoisotopic (exact) mass is 400 g/mol. The van der Waals surface area contributed by atoms with Crippen LogP contribution in [0.2, 0.25) is 0 Å². The summed E-state index contributed by atoms with van der Waals surface area (Å²) in [5, 5.41) is 5.44. The smallest absolute Gasteiger partial charge is 0.214 e. The van der Waals surface area contributed by atoms with Crippen molar-refractivity contribution in [2.45, 2.75) is 38.4 Å². The number of benzene rings is 2. The van der Waals surface area contributed by atoms with Crippen molar-refractivity contribution in [3.8, 4) is 11.1 Å². The van der Waals surface area contributed by atoms with Crippen LogP contribution in [0.4, 0.5) is 5.69 Å². The van der Waals surface area contributed by atoms with E-state index in [1.54, 1.807) is 13.0 Å². The molecule has 3 rings (SSSR count). The van der Waals surface area contributed by atoms with Gasteiger partial charge in [-0.05, 0) is 49.4 Å². The molecular formula is C21H24N2O4S. The Bertz CT molecular complexity index is 1070. The summed E-state index contributed by atoms with van der Waals surface area (Å²) in [6.07, 6.45) is 0.366. The number of hydrogen-bond donors (Lipinski definition) is 2. The summed E-state index contributed by atoms with van der Waals surface area (Å²) < 4.78 is 22.9. The molecule has 0 saturated heterocycles. The van der Waals surface area contributed by atoms with Gasteiger partial charge in [-0.1, -0.05) is 37.3 Å². The van der Waals surface area contributed by atoms with Gasteiger partial charge in [0, 0.05) is 11.1 Å². The van der Waals surface area contributed by atoms with Gasteiger partial charge in [0.1, 0.15) is 0 Å². The molecule has 1 unspecified atom stereocenters. The van der Waals surface area contributed by atoms with Crippen molar-refractivity contribution in [3.63, 3.8) is 0 Å². The Morgan fingerprint density at radius 1 is 1.04 bits per heavy atom. The van der Waals surface area contributed by atoms with Crippen LogP contribution in [0.25, 0.3) is 11.1 Å². The van der Waals surface area contributed by atoms with Gasteiger partial charge in [0.05, 0.1) is 16.4 Å². The van der Waals surface area contributed by atoms with E-state index in [0.29, 0.717) is 23.1 Å². The van der Waals surface area contributed by atoms with Crippen molar-refractivity contribution in [1.82, 2.24) is 0 Å². The molecule has 1 atom stereocenters. The van der Waals surface area contributed by atoms with E-state index < -0.39 is 20.7 Å². The van der Waals surface area contributed by atoms with Gasteiger partial charge in [0.15, 0.2) is 11.6 Å². The maximum atomic E-state index is 13.1. The van der Waals surface area contributed by atoms with E-state index in [4.69, 9.17) is 10.9 Å². The fourth-order valence-electron chi connectivity index (χ4n) is 3.66. The Kier molecular flexibility index (Phi) is 4.93. The normalized spacial score (nSPS) is 17.1. The minimum atomic E-state index is -3.90. The van der Waals surface area contributed by atoms with Crippen LogP contribution in [-0.4, -0.2) is 24.7 Å². The fraction of sp³-hybridized carbons (Fsp3) is 0.333. The zero-order valence-electron chi connectivity index (χ0n) is 16.2. The zero-order valence-corrected chi connectivity index (χ0v) is 17.0. The molecule has 2 aromatic rings. The van der Waals surface area contributed by atoms with Gasteiger partial charge >= 0.3 is 0 Å². The second-order valence-electron chi connectivity index (χ2n) is 7.78. The molecular weight excluding hydrogens is 376 g/mol. The molecule has 4 N–H and O–H groups in total. The number of anilines is 1. The number of ketones is 2. The topological polar surface area (TPSA) is 120 Å². The molecule has 7 heteroatoms. The summed E-state index contributed by atoms with van der Waals surface area (Å²) in [7, 11) is -3.90. The number of nitrogen functional groups attached to an aromatic ring is 1. The summed E-state index contributed by atoms with van der Waals surface area (Å²) in [5.41, 5.74) is 8.81. The number of primary sulfonamides is 1. The van der Waals surface area contributed by atoms with Crippen molar-refractivity contribution < 1.29 is 18.0 Å². The van der Waals surface area contributed by atoms with Gasteiger partial charge < -0.3 is 5.73 Å². The highest BCUT2D eigenvalue weighted by molar-refractivity contribution is 7.90. The van der Waals surface area contributed by atoms with E-state index >= 15 is 0 Å². The molecule has 28 heavy (non-hydrogen) atoms. The van der Waals surface area contributed by atoms with Crippen molar-refractivity contribution in [2.75, 3.05) is 5.73 Å². The lowest BCUT2D eigenvalue weighted by atomic mass is 9.75. The maximum absolute atomic E-state index is 13.1. The number of rotatable bonds is 5. The van der Waals surface area contributed by atoms with Crippen LogP contribution in [0.3, 0.4) is 0 Å². The molecule has 0 aliphatic heterocycles. The first-order valence-corrected chi connectivity index (χ1v) is 10.7. The van der Waals surface area contributed by atoms with Gasteiger partial charge in [0.25, 0.3) is 0 Å². The summed E-state index contributed by atoms with van der Waals surface area (Å²) >= 11 is 0. The number of carbonyl (C=O) groups excluding carboxylic acids is 2. The Hall–Kier alpha value is -2.51. The fourth-order valence-corrected chi connectivity index (χ4v) is 4.01. The van der Waals surface area contributed by atoms with Gasteiger partial charge in [-0.2, -0.15) is 0 Å². The zero-order chi connectivity index (χ0) is 20.9. The third-order valence-electron chi connectivity index (χ3n) is 5.49. The molecule has 1 aliphatic rings. The number of sulfonamides is 1. The lowest BCUT2D eigenvalue weighted by Crippen LogP contribution is -2.41. The lowest BCUT2D eigenvalue weighted by Gasteiger charge is -2.30. The highest BCUT2D eigenvalue weighted by atomic mass is 32.2. The number of nitrogens with two attached hydrogens (primary N) is 2. The van der Waals surface area contributed by atoms with Crippen molar-refractivity contribution in [2.24, 2.45) is 11.1 Å². The third-order valence-corrected chi connectivity index (χ3v) is 7.17. The number of hydrogen-bond acceptors (Lipinski definition) is 5. The van der Waals surface area contributed by atoms with E-state index in [-0.39, 0.29) is 29.2 Å². The van der Waals surface area contributed by atoms with Crippen molar-refractivity contribution >= 4 is 27.3 Å². The molecule has 148 valence electrons. The predicted octanol–water partition coefficient (Wildman–Crippen LogP) is 2.95. The summed E-state index contributed by atoms with van der Waals surface area (Å²) in [4.78, 5) is 25.9. The van der Waals surface area contributed by atoms with Gasteiger partial charge in [-0.3, -0.25) is 9.59 Å². The van der Waals surface area contributed by atoms with Crippen molar-refractivity contribution in [1.29, 1.82) is 0 Å². The SMILES string of the molecule is CCC1C(=O)c2cc(-c3ccccc3)c(CC(C)(C)S(N)(=O)=O)c(c2N)C1=O. The van der Waals surface area contributed by atoms with Crippen molar-refractivity contribution in [3.05, 3.63) is 53.1 Å². The molecule has 0 saturated carbocycles. The molecule has 2 aromatic carbocycles. The van der Waals surface area contributed by atoms with Crippen LogP contribution in [0.15, 0.2) is 36.4 Å². The Labute approximate surface area is 165 Å². The summed E-state index contributed by atoms with van der Waals surface area (Å²) in [6.45, 7) is 4.81. The maximum Gasteiger partial charge on any atom is 0.214 e. The van der Waals surface area contributed by atoms with Crippen LogP contribution in [0.5, 0.6) is 0 Å². The number of carbonyl (C=O) groups is 2. The molecule has 0 amide bonds.